The number of hydrogen-bond acceptors (Lipinski definition) is 4. The Morgan fingerprint density at radius 1 is 1.14 bits per heavy atom. The predicted octanol–water partition coefficient (Wildman–Crippen LogP) is 5.70. The smallest absolute Gasteiger partial charge is 0.260 e. The fraction of sp³-hybridized carbons (Fsp3) is 0.455. The van der Waals surface area contributed by atoms with Gasteiger partial charge in [0.05, 0.1) is 28.9 Å². The standard InChI is InChI=1S/C22H24Cl2N2O3/c23-17-9-10-19(18(24)12-17)26(22(27)16-4-3-11-25-13-16)20-5-1-2-6-21(20)29-28-14-15-7-8-15/h3-4,9-13,15,20-21H,1-2,5-8,14H2/t20-,21-/m1/s1. The highest BCUT2D eigenvalue weighted by molar-refractivity contribution is 6.37. The Labute approximate surface area is 180 Å². The first-order valence-corrected chi connectivity index (χ1v) is 10.9. The predicted molar refractivity (Wildman–Crippen MR) is 113 cm³/mol. The van der Waals surface area contributed by atoms with Gasteiger partial charge in [0.1, 0.15) is 6.10 Å². The van der Waals surface area contributed by atoms with Crippen LogP contribution in [-0.4, -0.2) is 29.6 Å². The van der Waals surface area contributed by atoms with Gasteiger partial charge >= 0.3 is 0 Å². The van der Waals surface area contributed by atoms with E-state index in [1.807, 2.05) is 0 Å². The van der Waals surface area contributed by atoms with Crippen molar-refractivity contribution in [2.75, 3.05) is 11.5 Å². The van der Waals surface area contributed by atoms with E-state index in [1.165, 1.54) is 12.8 Å². The fourth-order valence-electron chi connectivity index (χ4n) is 3.74. The zero-order chi connectivity index (χ0) is 20.2. The van der Waals surface area contributed by atoms with E-state index in [4.69, 9.17) is 33.0 Å². The van der Waals surface area contributed by atoms with E-state index < -0.39 is 0 Å². The number of carbonyl (C=O) groups is 1. The molecule has 2 aliphatic rings. The molecule has 5 nitrogen and oxygen atoms in total. The summed E-state index contributed by atoms with van der Waals surface area (Å²) in [6.45, 7) is 0.613. The van der Waals surface area contributed by atoms with Crippen molar-refractivity contribution in [1.82, 2.24) is 4.98 Å². The van der Waals surface area contributed by atoms with Crippen molar-refractivity contribution in [1.29, 1.82) is 0 Å². The maximum absolute atomic E-state index is 13.5. The summed E-state index contributed by atoms with van der Waals surface area (Å²) in [5.74, 6) is 0.445. The largest absolute Gasteiger partial charge is 0.301 e. The minimum atomic E-state index is -0.213. The van der Waals surface area contributed by atoms with Gasteiger partial charge in [-0.1, -0.05) is 36.0 Å². The van der Waals surface area contributed by atoms with Crippen LogP contribution in [0.3, 0.4) is 0 Å². The number of halogens is 2. The zero-order valence-corrected chi connectivity index (χ0v) is 17.6. The van der Waals surface area contributed by atoms with E-state index >= 15 is 0 Å². The first-order valence-electron chi connectivity index (χ1n) is 10.1. The summed E-state index contributed by atoms with van der Waals surface area (Å²) in [6.07, 6.45) is 9.09. The lowest BCUT2D eigenvalue weighted by Crippen LogP contribution is -2.50. The van der Waals surface area contributed by atoms with Gasteiger partial charge in [-0.2, -0.15) is 0 Å². The van der Waals surface area contributed by atoms with Gasteiger partial charge in [0, 0.05) is 17.4 Å². The first-order chi connectivity index (χ1) is 14.1. The zero-order valence-electron chi connectivity index (χ0n) is 16.1. The van der Waals surface area contributed by atoms with Crippen LogP contribution in [0.1, 0.15) is 48.9 Å². The van der Waals surface area contributed by atoms with Crippen LogP contribution in [0.5, 0.6) is 0 Å². The third-order valence-corrected chi connectivity index (χ3v) is 6.03. The van der Waals surface area contributed by atoms with Gasteiger partial charge in [-0.3, -0.25) is 9.78 Å². The molecule has 1 aromatic carbocycles. The lowest BCUT2D eigenvalue weighted by molar-refractivity contribution is -0.333. The lowest BCUT2D eigenvalue weighted by Gasteiger charge is -2.39. The number of pyridine rings is 1. The SMILES string of the molecule is O=C(c1cccnc1)N(c1ccc(Cl)cc1Cl)[C@@H]1CCCC[C@H]1OOCC1CC1. The van der Waals surface area contributed by atoms with Crippen molar-refractivity contribution >= 4 is 34.8 Å². The molecule has 2 aromatic rings. The molecule has 0 saturated heterocycles. The van der Waals surface area contributed by atoms with Crippen LogP contribution in [0.15, 0.2) is 42.7 Å². The van der Waals surface area contributed by atoms with Gasteiger partial charge in [-0.15, -0.1) is 0 Å². The molecule has 0 spiro atoms. The normalized spacial score (nSPS) is 21.7. The molecule has 1 aromatic heterocycles. The molecular weight excluding hydrogens is 411 g/mol. The summed E-state index contributed by atoms with van der Waals surface area (Å²) in [7, 11) is 0. The second-order valence-electron chi connectivity index (χ2n) is 7.73. The molecule has 154 valence electrons. The summed E-state index contributed by atoms with van der Waals surface area (Å²) in [6, 6.07) is 8.51. The van der Waals surface area contributed by atoms with E-state index in [0.717, 1.165) is 25.7 Å². The van der Waals surface area contributed by atoms with E-state index in [9.17, 15) is 4.79 Å². The maximum Gasteiger partial charge on any atom is 0.260 e. The van der Waals surface area contributed by atoms with Crippen LogP contribution < -0.4 is 4.90 Å². The molecule has 0 radical (unpaired) electrons. The number of anilines is 1. The molecule has 0 unspecified atom stereocenters. The van der Waals surface area contributed by atoms with Crippen LogP contribution in [0.25, 0.3) is 0 Å². The second-order valence-corrected chi connectivity index (χ2v) is 8.57. The van der Waals surface area contributed by atoms with Crippen LogP contribution >= 0.6 is 23.2 Å². The second kappa shape index (κ2) is 9.43. The van der Waals surface area contributed by atoms with Crippen LogP contribution in [0.2, 0.25) is 10.0 Å². The molecular formula is C22H24Cl2N2O3. The van der Waals surface area contributed by atoms with Crippen molar-refractivity contribution in [3.8, 4) is 0 Å². The maximum atomic E-state index is 13.5. The highest BCUT2D eigenvalue weighted by Crippen LogP contribution is 2.36. The molecule has 0 bridgehead atoms. The summed E-state index contributed by atoms with van der Waals surface area (Å²) in [4.78, 5) is 30.7. The highest BCUT2D eigenvalue weighted by atomic mass is 35.5. The fourth-order valence-corrected chi connectivity index (χ4v) is 4.24. The molecule has 1 heterocycles. The van der Waals surface area contributed by atoms with Gasteiger partial charge in [0.15, 0.2) is 0 Å². The van der Waals surface area contributed by atoms with Crippen molar-refractivity contribution in [2.45, 2.75) is 50.7 Å². The summed E-state index contributed by atoms with van der Waals surface area (Å²) in [5, 5.41) is 0.953. The summed E-state index contributed by atoms with van der Waals surface area (Å²) in [5.41, 5.74) is 1.12. The van der Waals surface area contributed by atoms with Crippen LogP contribution in [0.4, 0.5) is 5.69 Å². The van der Waals surface area contributed by atoms with Gasteiger partial charge in [-0.25, -0.2) is 9.78 Å². The van der Waals surface area contributed by atoms with Crippen molar-refractivity contribution in [2.24, 2.45) is 5.92 Å². The lowest BCUT2D eigenvalue weighted by atomic mass is 9.90. The topological polar surface area (TPSA) is 51.7 Å². The number of rotatable bonds is 7. The highest BCUT2D eigenvalue weighted by Gasteiger charge is 2.37. The minimum absolute atomic E-state index is 0.162. The summed E-state index contributed by atoms with van der Waals surface area (Å²) < 4.78 is 0. The van der Waals surface area contributed by atoms with Gasteiger partial charge < -0.3 is 4.90 Å². The van der Waals surface area contributed by atoms with E-state index in [1.54, 1.807) is 47.6 Å². The molecule has 0 aliphatic heterocycles. The molecule has 4 rings (SSSR count). The van der Waals surface area contributed by atoms with Crippen LogP contribution in [0, 0.1) is 5.92 Å². The molecule has 2 atom stereocenters. The van der Waals surface area contributed by atoms with E-state index in [2.05, 4.69) is 4.98 Å². The molecule has 29 heavy (non-hydrogen) atoms. The van der Waals surface area contributed by atoms with Crippen molar-refractivity contribution < 1.29 is 14.6 Å². The number of amides is 1. The molecule has 1 amide bonds. The van der Waals surface area contributed by atoms with Crippen molar-refractivity contribution in [3.05, 3.63) is 58.3 Å². The number of benzene rings is 1. The molecule has 2 saturated carbocycles. The molecule has 7 heteroatoms. The third kappa shape index (κ3) is 5.10. The Bertz CT molecular complexity index is 845. The van der Waals surface area contributed by atoms with Crippen molar-refractivity contribution in [3.63, 3.8) is 0 Å². The van der Waals surface area contributed by atoms with E-state index in [0.29, 0.717) is 33.8 Å². The van der Waals surface area contributed by atoms with Gasteiger partial charge in [0.2, 0.25) is 0 Å². The number of aromatic nitrogens is 1. The summed E-state index contributed by atoms with van der Waals surface area (Å²) >= 11 is 12.6. The Morgan fingerprint density at radius 2 is 1.97 bits per heavy atom. The number of hydrogen-bond donors (Lipinski definition) is 0. The Morgan fingerprint density at radius 3 is 2.69 bits per heavy atom. The number of carbonyl (C=O) groups excluding carboxylic acids is 1. The monoisotopic (exact) mass is 434 g/mol. The minimum Gasteiger partial charge on any atom is -0.301 e. The van der Waals surface area contributed by atoms with E-state index in [-0.39, 0.29) is 18.1 Å². The molecule has 2 fully saturated rings. The van der Waals surface area contributed by atoms with Crippen LogP contribution in [-0.2, 0) is 9.78 Å². The van der Waals surface area contributed by atoms with Gasteiger partial charge in [0.25, 0.3) is 5.91 Å². The molecule has 2 aliphatic carbocycles. The average molecular weight is 435 g/mol. The Kier molecular flexibility index (Phi) is 6.70. The molecule has 0 N–H and O–H groups in total. The first kappa shape index (κ1) is 20.6. The average Bonchev–Trinajstić information content (AvgIpc) is 3.56. The quantitative estimate of drug-likeness (QED) is 0.413. The third-order valence-electron chi connectivity index (χ3n) is 5.49. The number of nitrogens with zero attached hydrogens (tertiary/aromatic N) is 2. The Balaban J connectivity index is 1.64. The Hall–Kier alpha value is -1.66. The van der Waals surface area contributed by atoms with Gasteiger partial charge in [-0.05, 0) is 61.9 Å².